The molecule has 0 saturated heterocycles. The van der Waals surface area contributed by atoms with E-state index in [0.717, 1.165) is 11.7 Å². The Hall–Kier alpha value is -3.65. The normalized spacial score (nSPS) is 12.3. The second-order valence-electron chi connectivity index (χ2n) is 9.06. The van der Waals surface area contributed by atoms with Crippen molar-refractivity contribution < 1.29 is 26.6 Å². The Morgan fingerprint density at radius 2 is 0.811 bits per heavy atom. The van der Waals surface area contributed by atoms with Gasteiger partial charge in [0.25, 0.3) is 0 Å². The van der Waals surface area contributed by atoms with Gasteiger partial charge in [0, 0.05) is 22.3 Å². The van der Waals surface area contributed by atoms with Gasteiger partial charge in [-0.05, 0) is 54.1 Å². The Balaban J connectivity index is 0.00000280. The van der Waals surface area contributed by atoms with Crippen molar-refractivity contribution >= 4 is 34.7 Å². The quantitative estimate of drug-likeness (QED) is 0.303. The summed E-state index contributed by atoms with van der Waals surface area (Å²) in [6, 6.07) is 45.0. The van der Waals surface area contributed by atoms with E-state index in [0.29, 0.717) is 22.3 Å². The molecule has 0 spiro atoms. The van der Waals surface area contributed by atoms with E-state index in [2.05, 4.69) is 91.0 Å². The van der Waals surface area contributed by atoms with Crippen LogP contribution in [0.1, 0.15) is 37.4 Å². The fraction of sp³-hybridized carbons (Fsp3) is 0.0303. The summed E-state index contributed by atoms with van der Waals surface area (Å²) < 4.78 is 0. The van der Waals surface area contributed by atoms with Gasteiger partial charge in [-0.3, -0.25) is 9.59 Å². The minimum Gasteiger partial charge on any atom is -1.00 e. The van der Waals surface area contributed by atoms with E-state index >= 15 is 0 Å². The van der Waals surface area contributed by atoms with Crippen molar-refractivity contribution in [3.8, 4) is 0 Å². The molecule has 5 aromatic carbocycles. The molecule has 0 fully saturated rings. The average molecular weight is 563 g/mol. The zero-order chi connectivity index (χ0) is 24.5. The van der Waals surface area contributed by atoms with Crippen LogP contribution in [-0.2, 0) is 6.16 Å². The third-order valence-corrected chi connectivity index (χ3v) is 11.4. The van der Waals surface area contributed by atoms with Gasteiger partial charge in [-0.2, -0.15) is 0 Å². The van der Waals surface area contributed by atoms with Crippen molar-refractivity contribution in [2.24, 2.45) is 0 Å². The van der Waals surface area contributed by atoms with E-state index in [-0.39, 0.29) is 28.5 Å². The summed E-state index contributed by atoms with van der Waals surface area (Å²) in [5.74, 6) is -0.160. The lowest BCUT2D eigenvalue weighted by molar-refractivity contribution is -0.0000208. The number of fused-ring (bicyclic) bond motifs is 2. The molecule has 0 radical (unpaired) electrons. The van der Waals surface area contributed by atoms with Crippen LogP contribution in [0.5, 0.6) is 0 Å². The van der Waals surface area contributed by atoms with Crippen LogP contribution < -0.4 is 32.9 Å². The first-order chi connectivity index (χ1) is 17.7. The van der Waals surface area contributed by atoms with Gasteiger partial charge < -0.3 is 17.0 Å². The third-order valence-electron chi connectivity index (χ3n) is 7.00. The third kappa shape index (κ3) is 4.29. The van der Waals surface area contributed by atoms with Crippen LogP contribution in [-0.4, -0.2) is 11.6 Å². The second-order valence-corrected chi connectivity index (χ2v) is 12.5. The number of rotatable bonds is 5. The lowest BCUT2D eigenvalue weighted by Crippen LogP contribution is -3.00. The van der Waals surface area contributed by atoms with Crippen molar-refractivity contribution in [3.05, 3.63) is 161 Å². The lowest BCUT2D eigenvalue weighted by atomic mass is 9.83. The molecule has 0 aliphatic heterocycles. The van der Waals surface area contributed by atoms with E-state index in [9.17, 15) is 9.59 Å². The lowest BCUT2D eigenvalue weighted by Gasteiger charge is -2.28. The molecule has 180 valence electrons. The molecule has 4 heteroatoms. The molecule has 0 atom stereocenters. The summed E-state index contributed by atoms with van der Waals surface area (Å²) in [4.78, 5) is 26.6. The van der Waals surface area contributed by atoms with Crippen molar-refractivity contribution in [2.45, 2.75) is 6.16 Å². The summed E-state index contributed by atoms with van der Waals surface area (Å²) in [6.07, 6.45) is 0.751. The number of ketones is 2. The maximum Gasteiger partial charge on any atom is 0.194 e. The van der Waals surface area contributed by atoms with Crippen molar-refractivity contribution in [1.29, 1.82) is 0 Å². The molecule has 37 heavy (non-hydrogen) atoms. The molecule has 0 heterocycles. The smallest absolute Gasteiger partial charge is 0.194 e. The molecule has 1 aliphatic rings. The molecule has 0 amide bonds. The van der Waals surface area contributed by atoms with Gasteiger partial charge in [0.1, 0.15) is 23.2 Å². The summed E-state index contributed by atoms with van der Waals surface area (Å²) in [7, 11) is -2.11. The largest absolute Gasteiger partial charge is 1.00 e. The Bertz CT molecular complexity index is 1480. The molecule has 0 N–H and O–H groups in total. The van der Waals surface area contributed by atoms with Crippen molar-refractivity contribution in [3.63, 3.8) is 0 Å². The van der Waals surface area contributed by atoms with Crippen LogP contribution in [0.25, 0.3) is 0 Å². The summed E-state index contributed by atoms with van der Waals surface area (Å²) in [5, 5.41) is 3.86. The molecule has 2 nitrogen and oxygen atoms in total. The fourth-order valence-electron chi connectivity index (χ4n) is 5.29. The summed E-state index contributed by atoms with van der Waals surface area (Å²) in [5.41, 5.74) is 3.03. The summed E-state index contributed by atoms with van der Waals surface area (Å²) >= 11 is 0. The maximum absolute atomic E-state index is 13.4. The predicted octanol–water partition coefficient (Wildman–Crippen LogP) is 2.96. The van der Waals surface area contributed by atoms with E-state index in [4.69, 9.17) is 0 Å². The van der Waals surface area contributed by atoms with Crippen LogP contribution in [0.15, 0.2) is 133 Å². The van der Waals surface area contributed by atoms with Crippen molar-refractivity contribution in [2.75, 3.05) is 0 Å². The zero-order valence-corrected chi connectivity index (χ0v) is 22.5. The number of benzene rings is 5. The topological polar surface area (TPSA) is 34.1 Å². The van der Waals surface area contributed by atoms with Gasteiger partial charge >= 0.3 is 0 Å². The Morgan fingerprint density at radius 3 is 1.27 bits per heavy atom. The van der Waals surface area contributed by atoms with Gasteiger partial charge in [0.2, 0.25) is 0 Å². The van der Waals surface area contributed by atoms with Gasteiger partial charge in [0.15, 0.2) is 11.6 Å². The number of halogens is 1. The SMILES string of the molecule is O=C1c2ccccc2C(=O)c2cc(C[P+](c3ccccc3)(c3ccccc3)c3ccccc3)ccc21.[Br-]. The first kappa shape index (κ1) is 25.0. The Kier molecular flexibility index (Phi) is 7.02. The first-order valence-corrected chi connectivity index (χ1v) is 14.0. The molecule has 0 bridgehead atoms. The zero-order valence-electron chi connectivity index (χ0n) is 20.1. The Labute approximate surface area is 228 Å². The van der Waals surface area contributed by atoms with Crippen molar-refractivity contribution in [1.82, 2.24) is 0 Å². The minimum absolute atomic E-state index is 0. The maximum atomic E-state index is 13.4. The molecule has 5 aromatic rings. The Morgan fingerprint density at radius 1 is 0.432 bits per heavy atom. The monoisotopic (exact) mass is 562 g/mol. The number of hydrogen-bond donors (Lipinski definition) is 0. The van der Waals surface area contributed by atoms with E-state index in [1.165, 1.54) is 15.9 Å². The van der Waals surface area contributed by atoms with Crippen LogP contribution >= 0.6 is 7.26 Å². The fourth-order valence-corrected chi connectivity index (χ4v) is 9.52. The van der Waals surface area contributed by atoms with Crippen LogP contribution in [0.3, 0.4) is 0 Å². The number of carbonyl (C=O) groups excluding carboxylic acids is 2. The van der Waals surface area contributed by atoms with E-state index in [1.54, 1.807) is 12.1 Å². The molecule has 0 saturated carbocycles. The van der Waals surface area contributed by atoms with Gasteiger partial charge in [-0.15, -0.1) is 0 Å². The molecule has 1 aliphatic carbocycles. The standard InChI is InChI=1S/C33H24O2P.BrH/c34-32-28-18-10-11-19-29(28)33(35)31-22-24(20-21-30(31)32)23-36(25-12-4-1-5-13-25,26-14-6-2-7-15-26)27-16-8-3-9-17-27;/h1-22H,23H2;1H/q+1;/p-1. The minimum atomic E-state index is -2.11. The predicted molar refractivity (Wildman–Crippen MR) is 149 cm³/mol. The van der Waals surface area contributed by atoms with Crippen LogP contribution in [0, 0.1) is 0 Å². The summed E-state index contributed by atoms with van der Waals surface area (Å²) in [6.45, 7) is 0. The van der Waals surface area contributed by atoms with Gasteiger partial charge in [-0.25, -0.2) is 0 Å². The first-order valence-electron chi connectivity index (χ1n) is 12.0. The highest BCUT2D eigenvalue weighted by atomic mass is 79.9. The average Bonchev–Trinajstić information content (AvgIpc) is 2.96. The number of hydrogen-bond acceptors (Lipinski definition) is 2. The van der Waals surface area contributed by atoms with E-state index < -0.39 is 7.26 Å². The van der Waals surface area contributed by atoms with Crippen LogP contribution in [0.4, 0.5) is 0 Å². The highest BCUT2D eigenvalue weighted by Crippen LogP contribution is 2.58. The van der Waals surface area contributed by atoms with E-state index in [1.807, 2.05) is 30.3 Å². The molecule has 0 unspecified atom stereocenters. The second kappa shape index (κ2) is 10.4. The number of carbonyl (C=O) groups is 2. The highest BCUT2D eigenvalue weighted by molar-refractivity contribution is 7.95. The van der Waals surface area contributed by atoms with Gasteiger partial charge in [-0.1, -0.05) is 84.9 Å². The molecular formula is C33H24BrO2P. The molecule has 6 rings (SSSR count). The van der Waals surface area contributed by atoms with Crippen LogP contribution in [0.2, 0.25) is 0 Å². The van der Waals surface area contributed by atoms with Gasteiger partial charge in [0.05, 0.1) is 6.16 Å². The molecule has 0 aromatic heterocycles. The highest BCUT2D eigenvalue weighted by Gasteiger charge is 2.45. The molecular weight excluding hydrogens is 539 g/mol.